The Labute approximate surface area is 122 Å². The van der Waals surface area contributed by atoms with Crippen LogP contribution in [0.1, 0.15) is 45.6 Å². The highest BCUT2D eigenvalue weighted by atomic mass is 16.4. The molecular formula is C13H20N4O4. The molecule has 0 saturated heterocycles. The Morgan fingerprint density at radius 3 is 2.52 bits per heavy atom. The van der Waals surface area contributed by atoms with Gasteiger partial charge in [-0.1, -0.05) is 0 Å². The maximum atomic E-state index is 11.6. The molecule has 21 heavy (non-hydrogen) atoms. The van der Waals surface area contributed by atoms with Gasteiger partial charge in [0.2, 0.25) is 5.91 Å². The Kier molecular flexibility index (Phi) is 6.38. The number of carboxylic acid groups (broad SMARTS) is 1. The predicted molar refractivity (Wildman–Crippen MR) is 75.9 cm³/mol. The van der Waals surface area contributed by atoms with Crippen LogP contribution in [0.5, 0.6) is 0 Å². The summed E-state index contributed by atoms with van der Waals surface area (Å²) < 4.78 is 1.68. The Bertz CT molecular complexity index is 510. The van der Waals surface area contributed by atoms with E-state index < -0.39 is 17.9 Å². The first-order valence-electron chi connectivity index (χ1n) is 6.75. The van der Waals surface area contributed by atoms with Crippen molar-refractivity contribution in [2.75, 3.05) is 5.32 Å². The highest BCUT2D eigenvalue weighted by Gasteiger charge is 2.09. The molecule has 1 heterocycles. The minimum Gasteiger partial charge on any atom is -0.481 e. The number of carboxylic acids is 1. The number of amides is 3. The SMILES string of the molecule is CC(C)n1cc(NC(=O)NC(=O)CCCCC(=O)O)cn1. The molecule has 1 rings (SSSR count). The summed E-state index contributed by atoms with van der Waals surface area (Å²) in [6.45, 7) is 3.91. The van der Waals surface area contributed by atoms with Crippen molar-refractivity contribution in [1.82, 2.24) is 15.1 Å². The van der Waals surface area contributed by atoms with Crippen molar-refractivity contribution in [3.05, 3.63) is 12.4 Å². The van der Waals surface area contributed by atoms with Crippen molar-refractivity contribution in [2.24, 2.45) is 0 Å². The van der Waals surface area contributed by atoms with E-state index >= 15 is 0 Å². The number of aliphatic carboxylic acids is 1. The van der Waals surface area contributed by atoms with Gasteiger partial charge in [0, 0.05) is 25.1 Å². The van der Waals surface area contributed by atoms with Crippen LogP contribution in [0, 0.1) is 0 Å². The summed E-state index contributed by atoms with van der Waals surface area (Å²) >= 11 is 0. The number of aromatic nitrogens is 2. The molecule has 0 unspecified atom stereocenters. The quantitative estimate of drug-likeness (QED) is 0.663. The smallest absolute Gasteiger partial charge is 0.325 e. The molecule has 0 aliphatic heterocycles. The fraction of sp³-hybridized carbons (Fsp3) is 0.538. The van der Waals surface area contributed by atoms with Crippen molar-refractivity contribution in [3.63, 3.8) is 0 Å². The van der Waals surface area contributed by atoms with E-state index in [0.29, 0.717) is 18.5 Å². The number of carbonyl (C=O) groups is 3. The summed E-state index contributed by atoms with van der Waals surface area (Å²) in [6, 6.07) is -0.444. The molecule has 1 aromatic heterocycles. The zero-order valence-electron chi connectivity index (χ0n) is 12.1. The van der Waals surface area contributed by atoms with Crippen LogP contribution in [0.4, 0.5) is 10.5 Å². The first-order valence-corrected chi connectivity index (χ1v) is 6.75. The normalized spacial score (nSPS) is 10.4. The monoisotopic (exact) mass is 296 g/mol. The highest BCUT2D eigenvalue weighted by molar-refractivity contribution is 6.00. The summed E-state index contributed by atoms with van der Waals surface area (Å²) in [5, 5.41) is 17.2. The van der Waals surface area contributed by atoms with Gasteiger partial charge in [-0.2, -0.15) is 5.10 Å². The fourth-order valence-electron chi connectivity index (χ4n) is 1.60. The lowest BCUT2D eigenvalue weighted by molar-refractivity contribution is -0.137. The van der Waals surface area contributed by atoms with Gasteiger partial charge in [0.25, 0.3) is 0 Å². The molecule has 0 atom stereocenters. The first kappa shape index (κ1) is 16.7. The average Bonchev–Trinajstić information content (AvgIpc) is 2.82. The fourth-order valence-corrected chi connectivity index (χ4v) is 1.60. The number of urea groups is 1. The van der Waals surface area contributed by atoms with Crippen LogP contribution in [0.15, 0.2) is 12.4 Å². The molecule has 0 aliphatic rings. The number of imide groups is 1. The molecule has 0 bridgehead atoms. The van der Waals surface area contributed by atoms with E-state index in [1.165, 1.54) is 6.20 Å². The number of nitrogens with one attached hydrogen (secondary N) is 2. The molecule has 1 aromatic rings. The van der Waals surface area contributed by atoms with Crippen molar-refractivity contribution < 1.29 is 19.5 Å². The van der Waals surface area contributed by atoms with E-state index in [1.54, 1.807) is 10.9 Å². The molecule has 116 valence electrons. The largest absolute Gasteiger partial charge is 0.481 e. The molecule has 8 nitrogen and oxygen atoms in total. The lowest BCUT2D eigenvalue weighted by atomic mass is 10.2. The molecule has 3 N–H and O–H groups in total. The second-order valence-corrected chi connectivity index (χ2v) is 4.91. The lowest BCUT2D eigenvalue weighted by Crippen LogP contribution is -2.34. The zero-order valence-corrected chi connectivity index (χ0v) is 12.1. The van der Waals surface area contributed by atoms with E-state index in [1.807, 2.05) is 13.8 Å². The van der Waals surface area contributed by atoms with E-state index in [9.17, 15) is 14.4 Å². The van der Waals surface area contributed by atoms with E-state index in [0.717, 1.165) is 0 Å². The van der Waals surface area contributed by atoms with Crippen LogP contribution < -0.4 is 10.6 Å². The molecule has 8 heteroatoms. The van der Waals surface area contributed by atoms with Crippen molar-refractivity contribution in [1.29, 1.82) is 0 Å². The van der Waals surface area contributed by atoms with Crippen molar-refractivity contribution >= 4 is 23.6 Å². The zero-order chi connectivity index (χ0) is 15.8. The summed E-state index contributed by atoms with van der Waals surface area (Å²) in [6.07, 6.45) is 4.14. The van der Waals surface area contributed by atoms with Crippen LogP contribution in [-0.2, 0) is 9.59 Å². The van der Waals surface area contributed by atoms with Crippen LogP contribution in [0.2, 0.25) is 0 Å². The van der Waals surface area contributed by atoms with Crippen LogP contribution in [0.25, 0.3) is 0 Å². The van der Waals surface area contributed by atoms with Gasteiger partial charge in [-0.25, -0.2) is 4.79 Å². The van der Waals surface area contributed by atoms with Gasteiger partial charge in [0.05, 0.1) is 11.9 Å². The summed E-state index contributed by atoms with van der Waals surface area (Å²) in [7, 11) is 0. The van der Waals surface area contributed by atoms with Crippen LogP contribution >= 0.6 is 0 Å². The molecule has 0 fully saturated rings. The molecule has 0 aliphatic carbocycles. The maximum absolute atomic E-state index is 11.6. The Morgan fingerprint density at radius 1 is 1.29 bits per heavy atom. The topological polar surface area (TPSA) is 113 Å². The van der Waals surface area contributed by atoms with Gasteiger partial charge in [-0.3, -0.25) is 19.6 Å². The predicted octanol–water partition coefficient (Wildman–Crippen LogP) is 1.76. The Morgan fingerprint density at radius 2 is 1.95 bits per heavy atom. The molecular weight excluding hydrogens is 276 g/mol. The summed E-state index contributed by atoms with van der Waals surface area (Å²) in [5.41, 5.74) is 0.500. The first-order chi connectivity index (χ1) is 9.88. The minimum atomic E-state index is -0.893. The van der Waals surface area contributed by atoms with Gasteiger partial charge in [0.1, 0.15) is 0 Å². The van der Waals surface area contributed by atoms with Crippen LogP contribution in [0.3, 0.4) is 0 Å². The molecule has 0 spiro atoms. The second kappa shape index (κ2) is 8.03. The number of rotatable bonds is 7. The van der Waals surface area contributed by atoms with Gasteiger partial charge in [0.15, 0.2) is 0 Å². The molecule has 3 amide bonds. The molecule has 0 saturated carbocycles. The third-order valence-electron chi connectivity index (χ3n) is 2.69. The lowest BCUT2D eigenvalue weighted by Gasteiger charge is -2.05. The number of nitrogens with zero attached hydrogens (tertiary/aromatic N) is 2. The number of anilines is 1. The van der Waals surface area contributed by atoms with Gasteiger partial charge < -0.3 is 10.4 Å². The molecule has 0 aromatic carbocycles. The summed E-state index contributed by atoms with van der Waals surface area (Å²) in [5.74, 6) is -1.33. The van der Waals surface area contributed by atoms with Crippen LogP contribution in [-0.4, -0.2) is 32.8 Å². The average molecular weight is 296 g/mol. The number of carbonyl (C=O) groups excluding carboxylic acids is 2. The van der Waals surface area contributed by atoms with E-state index in [4.69, 9.17) is 5.11 Å². The Hall–Kier alpha value is -2.38. The van der Waals surface area contributed by atoms with E-state index in [2.05, 4.69) is 15.7 Å². The van der Waals surface area contributed by atoms with Gasteiger partial charge in [-0.15, -0.1) is 0 Å². The van der Waals surface area contributed by atoms with E-state index in [-0.39, 0.29) is 18.9 Å². The van der Waals surface area contributed by atoms with Crippen molar-refractivity contribution in [3.8, 4) is 0 Å². The van der Waals surface area contributed by atoms with Gasteiger partial charge in [-0.05, 0) is 26.7 Å². The standard InChI is InChI=1S/C13H20N4O4/c1-9(2)17-8-10(7-14-17)15-13(21)16-11(18)5-3-4-6-12(19)20/h7-9H,3-6H2,1-2H3,(H,19,20)(H2,15,16,18,21). The van der Waals surface area contributed by atoms with Gasteiger partial charge >= 0.3 is 12.0 Å². The second-order valence-electron chi connectivity index (χ2n) is 4.91. The maximum Gasteiger partial charge on any atom is 0.325 e. The third-order valence-corrected chi connectivity index (χ3v) is 2.69. The third kappa shape index (κ3) is 6.55. The Balaban J connectivity index is 2.29. The number of unbranched alkanes of at least 4 members (excludes halogenated alkanes) is 1. The number of hydrogen-bond donors (Lipinski definition) is 3. The summed E-state index contributed by atoms with van der Waals surface area (Å²) in [4.78, 5) is 33.3. The number of hydrogen-bond acceptors (Lipinski definition) is 4. The minimum absolute atomic E-state index is 0.0217. The molecule has 0 radical (unpaired) electrons. The highest BCUT2D eigenvalue weighted by Crippen LogP contribution is 2.09. The van der Waals surface area contributed by atoms with Crippen molar-refractivity contribution in [2.45, 2.75) is 45.6 Å².